The van der Waals surface area contributed by atoms with E-state index in [1.165, 1.54) is 4.90 Å². The summed E-state index contributed by atoms with van der Waals surface area (Å²) in [5.74, 6) is -0.635. The number of rotatable bonds is 6. The van der Waals surface area contributed by atoms with Gasteiger partial charge in [0, 0.05) is 6.42 Å². The number of imide groups is 1. The molecule has 0 aliphatic carbocycles. The summed E-state index contributed by atoms with van der Waals surface area (Å²) in [5.41, 5.74) is 0.871. The Bertz CT molecular complexity index is 496. The standard InChI is InChI=1S/C17H23NO3/c1-3-12(4-2)15(19)11-18-16(20)10-14(17(18)21)13-8-6-5-7-9-13/h5-9,12,14-15,19H,3-4,10-11H2,1-2H3. The molecule has 4 heteroatoms. The molecule has 2 atom stereocenters. The summed E-state index contributed by atoms with van der Waals surface area (Å²) >= 11 is 0. The molecule has 2 rings (SSSR count). The van der Waals surface area contributed by atoms with E-state index in [1.807, 2.05) is 44.2 Å². The Kier molecular flexibility index (Phi) is 5.12. The highest BCUT2D eigenvalue weighted by Crippen LogP contribution is 2.30. The molecular weight excluding hydrogens is 266 g/mol. The van der Waals surface area contributed by atoms with Crippen LogP contribution in [0.2, 0.25) is 0 Å². The van der Waals surface area contributed by atoms with Crippen LogP contribution in [0.1, 0.15) is 44.6 Å². The van der Waals surface area contributed by atoms with E-state index >= 15 is 0 Å². The highest BCUT2D eigenvalue weighted by molar-refractivity contribution is 6.06. The molecule has 1 aromatic rings. The number of carbonyl (C=O) groups excluding carboxylic acids is 2. The summed E-state index contributed by atoms with van der Waals surface area (Å²) < 4.78 is 0. The molecule has 1 fully saturated rings. The number of hydrogen-bond acceptors (Lipinski definition) is 3. The SMILES string of the molecule is CCC(CC)C(O)CN1C(=O)CC(c2ccccc2)C1=O. The van der Waals surface area contributed by atoms with Gasteiger partial charge in [0.2, 0.25) is 11.8 Å². The Labute approximate surface area is 125 Å². The molecule has 1 aromatic carbocycles. The van der Waals surface area contributed by atoms with Crippen molar-refractivity contribution in [2.24, 2.45) is 5.92 Å². The summed E-state index contributed by atoms with van der Waals surface area (Å²) in [5, 5.41) is 10.2. The van der Waals surface area contributed by atoms with E-state index in [4.69, 9.17) is 0 Å². The van der Waals surface area contributed by atoms with Gasteiger partial charge in [0.25, 0.3) is 0 Å². The lowest BCUT2D eigenvalue weighted by molar-refractivity contribution is -0.141. The molecule has 0 spiro atoms. The Balaban J connectivity index is 2.09. The number of hydrogen-bond donors (Lipinski definition) is 1. The fourth-order valence-electron chi connectivity index (χ4n) is 2.99. The number of carbonyl (C=O) groups is 2. The van der Waals surface area contributed by atoms with Crippen LogP contribution in [-0.2, 0) is 9.59 Å². The zero-order chi connectivity index (χ0) is 15.4. The number of aliphatic hydroxyl groups excluding tert-OH is 1. The molecule has 21 heavy (non-hydrogen) atoms. The smallest absolute Gasteiger partial charge is 0.237 e. The monoisotopic (exact) mass is 289 g/mol. The van der Waals surface area contributed by atoms with Gasteiger partial charge in [-0.05, 0) is 11.5 Å². The van der Waals surface area contributed by atoms with Crippen LogP contribution in [-0.4, -0.2) is 34.5 Å². The number of nitrogens with zero attached hydrogens (tertiary/aromatic N) is 1. The van der Waals surface area contributed by atoms with Crippen molar-refractivity contribution in [2.45, 2.75) is 45.1 Å². The highest BCUT2D eigenvalue weighted by atomic mass is 16.3. The third kappa shape index (κ3) is 3.32. The first-order valence-electron chi connectivity index (χ1n) is 7.65. The molecule has 0 bridgehead atoms. The minimum absolute atomic E-state index is 0.118. The van der Waals surface area contributed by atoms with Gasteiger partial charge in [0.05, 0.1) is 18.6 Å². The molecule has 0 saturated carbocycles. The normalized spacial score (nSPS) is 20.4. The van der Waals surface area contributed by atoms with E-state index in [2.05, 4.69) is 0 Å². The molecular formula is C17H23NO3. The average molecular weight is 289 g/mol. The molecule has 114 valence electrons. The van der Waals surface area contributed by atoms with Crippen LogP contribution < -0.4 is 0 Å². The van der Waals surface area contributed by atoms with E-state index in [0.29, 0.717) is 0 Å². The first-order valence-corrected chi connectivity index (χ1v) is 7.65. The Morgan fingerprint density at radius 3 is 2.38 bits per heavy atom. The topological polar surface area (TPSA) is 57.6 Å². The number of amides is 2. The Morgan fingerprint density at radius 1 is 1.19 bits per heavy atom. The maximum Gasteiger partial charge on any atom is 0.237 e. The number of likely N-dealkylation sites (tertiary alicyclic amines) is 1. The van der Waals surface area contributed by atoms with Gasteiger partial charge in [0.15, 0.2) is 0 Å². The van der Waals surface area contributed by atoms with Gasteiger partial charge in [-0.2, -0.15) is 0 Å². The van der Waals surface area contributed by atoms with Gasteiger partial charge in [-0.25, -0.2) is 0 Å². The van der Waals surface area contributed by atoms with Crippen molar-refractivity contribution in [3.8, 4) is 0 Å². The van der Waals surface area contributed by atoms with Gasteiger partial charge in [-0.1, -0.05) is 57.0 Å². The largest absolute Gasteiger partial charge is 0.391 e. The number of β-amino-alcohol motifs (C(OH)–C–C–N with tert-alkyl or cyclic N) is 1. The highest BCUT2D eigenvalue weighted by Gasteiger charge is 2.40. The lowest BCUT2D eigenvalue weighted by Crippen LogP contribution is -2.40. The van der Waals surface area contributed by atoms with Gasteiger partial charge in [0.1, 0.15) is 0 Å². The molecule has 1 heterocycles. The second-order valence-corrected chi connectivity index (χ2v) is 5.65. The van der Waals surface area contributed by atoms with Crippen LogP contribution in [0.4, 0.5) is 0 Å². The van der Waals surface area contributed by atoms with Crippen LogP contribution in [0, 0.1) is 5.92 Å². The molecule has 1 N–H and O–H groups in total. The van der Waals surface area contributed by atoms with E-state index in [9.17, 15) is 14.7 Å². The van der Waals surface area contributed by atoms with Gasteiger partial charge in [-0.15, -0.1) is 0 Å². The molecule has 0 radical (unpaired) electrons. The zero-order valence-corrected chi connectivity index (χ0v) is 12.7. The van der Waals surface area contributed by atoms with Crippen molar-refractivity contribution in [1.82, 2.24) is 4.90 Å². The van der Waals surface area contributed by atoms with Crippen LogP contribution in [0.25, 0.3) is 0 Å². The number of aliphatic hydroxyl groups is 1. The quantitative estimate of drug-likeness (QED) is 0.818. The molecule has 2 amide bonds. The van der Waals surface area contributed by atoms with Gasteiger partial charge < -0.3 is 5.11 Å². The van der Waals surface area contributed by atoms with Crippen molar-refractivity contribution in [3.63, 3.8) is 0 Å². The minimum Gasteiger partial charge on any atom is -0.391 e. The second-order valence-electron chi connectivity index (χ2n) is 5.65. The minimum atomic E-state index is -0.637. The lowest BCUT2D eigenvalue weighted by Gasteiger charge is -2.24. The van der Waals surface area contributed by atoms with E-state index in [0.717, 1.165) is 18.4 Å². The molecule has 0 aromatic heterocycles. The Morgan fingerprint density at radius 2 is 1.81 bits per heavy atom. The third-order valence-corrected chi connectivity index (χ3v) is 4.41. The van der Waals surface area contributed by atoms with Crippen LogP contribution in [0.3, 0.4) is 0 Å². The second kappa shape index (κ2) is 6.85. The molecule has 4 nitrogen and oxygen atoms in total. The predicted octanol–water partition coefficient (Wildman–Crippen LogP) is 2.33. The fraction of sp³-hybridized carbons (Fsp3) is 0.529. The van der Waals surface area contributed by atoms with Crippen molar-refractivity contribution in [2.75, 3.05) is 6.54 Å². The summed E-state index contributed by atoms with van der Waals surface area (Å²) in [7, 11) is 0. The van der Waals surface area contributed by atoms with Crippen molar-refractivity contribution in [3.05, 3.63) is 35.9 Å². The third-order valence-electron chi connectivity index (χ3n) is 4.41. The molecule has 1 aliphatic rings. The van der Waals surface area contributed by atoms with Crippen LogP contribution >= 0.6 is 0 Å². The molecule has 1 aliphatic heterocycles. The van der Waals surface area contributed by atoms with Crippen LogP contribution in [0.5, 0.6) is 0 Å². The summed E-state index contributed by atoms with van der Waals surface area (Å²) in [6, 6.07) is 9.37. The first kappa shape index (κ1) is 15.7. The lowest BCUT2D eigenvalue weighted by atomic mass is 9.96. The van der Waals surface area contributed by atoms with E-state index in [-0.39, 0.29) is 30.7 Å². The van der Waals surface area contributed by atoms with E-state index < -0.39 is 12.0 Å². The average Bonchev–Trinajstić information content (AvgIpc) is 2.77. The summed E-state index contributed by atoms with van der Waals surface area (Å²) in [6.45, 7) is 4.14. The fourth-order valence-corrected chi connectivity index (χ4v) is 2.99. The number of benzene rings is 1. The summed E-state index contributed by atoms with van der Waals surface area (Å²) in [4.78, 5) is 25.8. The van der Waals surface area contributed by atoms with Crippen molar-refractivity contribution in [1.29, 1.82) is 0 Å². The Hall–Kier alpha value is -1.68. The molecule has 1 saturated heterocycles. The summed E-state index contributed by atoms with van der Waals surface area (Å²) in [6.07, 6.45) is 1.26. The van der Waals surface area contributed by atoms with Crippen molar-refractivity contribution < 1.29 is 14.7 Å². The van der Waals surface area contributed by atoms with E-state index in [1.54, 1.807) is 0 Å². The first-order chi connectivity index (χ1) is 10.1. The van der Waals surface area contributed by atoms with Gasteiger partial charge in [-0.3, -0.25) is 14.5 Å². The molecule has 2 unspecified atom stereocenters. The van der Waals surface area contributed by atoms with Crippen molar-refractivity contribution >= 4 is 11.8 Å². The van der Waals surface area contributed by atoms with Crippen LogP contribution in [0.15, 0.2) is 30.3 Å². The maximum atomic E-state index is 12.4. The predicted molar refractivity (Wildman–Crippen MR) is 80.6 cm³/mol. The maximum absolute atomic E-state index is 12.4. The van der Waals surface area contributed by atoms with Gasteiger partial charge >= 0.3 is 0 Å². The zero-order valence-electron chi connectivity index (χ0n) is 12.7.